The number of thioether (sulfide) groups is 1. The van der Waals surface area contributed by atoms with Crippen molar-refractivity contribution in [1.29, 1.82) is 0 Å². The summed E-state index contributed by atoms with van der Waals surface area (Å²) in [6.07, 6.45) is 1.47. The van der Waals surface area contributed by atoms with Gasteiger partial charge in [-0.1, -0.05) is 18.2 Å². The molecule has 138 valence electrons. The van der Waals surface area contributed by atoms with E-state index in [4.69, 9.17) is 16.6 Å². The summed E-state index contributed by atoms with van der Waals surface area (Å²) in [4.78, 5) is 13.2. The number of benzene rings is 2. The third kappa shape index (κ3) is 6.16. The lowest BCUT2D eigenvalue weighted by atomic mass is 10.2. The van der Waals surface area contributed by atoms with Crippen molar-refractivity contribution in [2.75, 3.05) is 22.9 Å². The molecule has 3 rings (SSSR count). The fraction of sp³-hybridized carbons (Fsp3) is 0.100. The quantitative estimate of drug-likeness (QED) is 0.307. The van der Waals surface area contributed by atoms with Crippen LogP contribution in [0.25, 0.3) is 0 Å². The lowest BCUT2D eigenvalue weighted by molar-refractivity contribution is 0.0996. The van der Waals surface area contributed by atoms with Crippen LogP contribution in [0, 0.1) is 0 Å². The Morgan fingerprint density at radius 2 is 1.63 bits per heavy atom. The summed E-state index contributed by atoms with van der Waals surface area (Å²) in [5.41, 5.74) is 1.53. The van der Waals surface area contributed by atoms with E-state index in [9.17, 15) is 4.79 Å². The van der Waals surface area contributed by atoms with Gasteiger partial charge in [-0.3, -0.25) is 4.79 Å². The Hall–Kier alpha value is -2.77. The van der Waals surface area contributed by atoms with Crippen LogP contribution in [0.2, 0.25) is 0 Å². The monoisotopic (exact) mass is 397 g/mol. The largest absolute Gasteiger partial charge is 0.459 e. The molecule has 1 aromatic heterocycles. The highest BCUT2D eigenvalue weighted by Gasteiger charge is 2.08. The number of nitrogens with one attached hydrogen (secondary N) is 3. The molecule has 1 amide bonds. The summed E-state index contributed by atoms with van der Waals surface area (Å²) >= 11 is 7.09. The van der Waals surface area contributed by atoms with E-state index < -0.39 is 0 Å². The molecule has 0 radical (unpaired) electrons. The molecule has 0 aliphatic rings. The standard InChI is InChI=1S/C20H19N3O2S2/c24-19(18-7-4-13-25-18)22-15-8-10-16(11-9-15)23-20(26)21-12-14-27-17-5-2-1-3-6-17/h1-11,13H,12,14H2,(H,22,24)(H2,21,23,26). The first-order valence-electron chi connectivity index (χ1n) is 8.38. The van der Waals surface area contributed by atoms with Gasteiger partial charge in [0.25, 0.3) is 5.91 Å². The van der Waals surface area contributed by atoms with Crippen LogP contribution in [-0.2, 0) is 0 Å². The molecule has 3 N–H and O–H groups in total. The molecule has 2 aromatic carbocycles. The van der Waals surface area contributed by atoms with Crippen LogP contribution < -0.4 is 16.0 Å². The number of thiocarbonyl (C=S) groups is 1. The van der Waals surface area contributed by atoms with Gasteiger partial charge in [0.2, 0.25) is 0 Å². The lowest BCUT2D eigenvalue weighted by Crippen LogP contribution is -2.30. The maximum absolute atomic E-state index is 11.9. The normalized spacial score (nSPS) is 10.2. The summed E-state index contributed by atoms with van der Waals surface area (Å²) in [7, 11) is 0. The first-order chi connectivity index (χ1) is 13.2. The predicted molar refractivity (Wildman–Crippen MR) is 114 cm³/mol. The van der Waals surface area contributed by atoms with Crippen molar-refractivity contribution in [3.05, 3.63) is 78.8 Å². The van der Waals surface area contributed by atoms with Crippen molar-refractivity contribution in [2.45, 2.75) is 4.90 Å². The zero-order chi connectivity index (χ0) is 18.9. The van der Waals surface area contributed by atoms with Crippen LogP contribution in [-0.4, -0.2) is 23.3 Å². The Morgan fingerprint density at radius 1 is 0.926 bits per heavy atom. The zero-order valence-corrected chi connectivity index (χ0v) is 16.1. The zero-order valence-electron chi connectivity index (χ0n) is 14.5. The third-order valence-corrected chi connectivity index (χ3v) is 4.81. The van der Waals surface area contributed by atoms with Crippen LogP contribution in [0.1, 0.15) is 10.6 Å². The van der Waals surface area contributed by atoms with Gasteiger partial charge in [0.15, 0.2) is 10.9 Å². The summed E-state index contributed by atoms with van der Waals surface area (Å²) < 4.78 is 5.07. The van der Waals surface area contributed by atoms with Crippen molar-refractivity contribution in [1.82, 2.24) is 5.32 Å². The summed E-state index contributed by atoms with van der Waals surface area (Å²) in [6, 6.07) is 20.9. The fourth-order valence-electron chi connectivity index (χ4n) is 2.26. The second-order valence-electron chi connectivity index (χ2n) is 5.55. The SMILES string of the molecule is O=C(Nc1ccc(NC(=S)NCCSc2ccccc2)cc1)c1ccco1. The Balaban J connectivity index is 1.39. The van der Waals surface area contributed by atoms with Gasteiger partial charge in [-0.25, -0.2) is 0 Å². The van der Waals surface area contributed by atoms with E-state index >= 15 is 0 Å². The van der Waals surface area contributed by atoms with Crippen molar-refractivity contribution in [3.63, 3.8) is 0 Å². The van der Waals surface area contributed by atoms with Crippen LogP contribution >= 0.6 is 24.0 Å². The van der Waals surface area contributed by atoms with E-state index in [1.807, 2.05) is 30.3 Å². The van der Waals surface area contributed by atoms with Gasteiger partial charge in [-0.15, -0.1) is 11.8 Å². The summed E-state index contributed by atoms with van der Waals surface area (Å²) in [5.74, 6) is 0.911. The molecule has 0 aliphatic heterocycles. The van der Waals surface area contributed by atoms with Gasteiger partial charge < -0.3 is 20.4 Å². The van der Waals surface area contributed by atoms with E-state index in [2.05, 4.69) is 28.1 Å². The summed E-state index contributed by atoms with van der Waals surface area (Å²) in [6.45, 7) is 0.767. The molecule has 0 aliphatic carbocycles. The number of carbonyl (C=O) groups is 1. The number of anilines is 2. The molecule has 0 bridgehead atoms. The highest BCUT2D eigenvalue weighted by molar-refractivity contribution is 7.99. The minimum Gasteiger partial charge on any atom is -0.459 e. The molecular weight excluding hydrogens is 378 g/mol. The van der Waals surface area contributed by atoms with E-state index in [0.717, 1.165) is 18.0 Å². The van der Waals surface area contributed by atoms with Crippen LogP contribution in [0.4, 0.5) is 11.4 Å². The average molecular weight is 398 g/mol. The number of hydrogen-bond acceptors (Lipinski definition) is 4. The lowest BCUT2D eigenvalue weighted by Gasteiger charge is -2.11. The van der Waals surface area contributed by atoms with Gasteiger partial charge in [0, 0.05) is 28.6 Å². The number of amides is 1. The molecule has 0 unspecified atom stereocenters. The number of carbonyl (C=O) groups excluding carboxylic acids is 1. The first-order valence-corrected chi connectivity index (χ1v) is 9.78. The Bertz CT molecular complexity index is 866. The second kappa shape index (κ2) is 9.80. The van der Waals surface area contributed by atoms with Gasteiger partial charge >= 0.3 is 0 Å². The third-order valence-electron chi connectivity index (χ3n) is 3.55. The van der Waals surface area contributed by atoms with Crippen LogP contribution in [0.15, 0.2) is 82.3 Å². The molecule has 0 fully saturated rings. The van der Waals surface area contributed by atoms with Crippen molar-refractivity contribution in [3.8, 4) is 0 Å². The van der Waals surface area contributed by atoms with Crippen molar-refractivity contribution < 1.29 is 9.21 Å². The molecule has 1 heterocycles. The van der Waals surface area contributed by atoms with Crippen molar-refractivity contribution in [2.24, 2.45) is 0 Å². The predicted octanol–water partition coefficient (Wildman–Crippen LogP) is 4.61. The molecule has 0 spiro atoms. The van der Waals surface area contributed by atoms with Crippen molar-refractivity contribution >= 4 is 46.4 Å². The second-order valence-corrected chi connectivity index (χ2v) is 7.13. The molecule has 0 saturated heterocycles. The molecular formula is C20H19N3O2S2. The Kier molecular flexibility index (Phi) is 6.90. The van der Waals surface area contributed by atoms with E-state index in [1.165, 1.54) is 11.2 Å². The van der Waals surface area contributed by atoms with E-state index in [-0.39, 0.29) is 11.7 Å². The van der Waals surface area contributed by atoms with Gasteiger partial charge in [0.05, 0.1) is 6.26 Å². The fourth-order valence-corrected chi connectivity index (χ4v) is 3.27. The van der Waals surface area contributed by atoms with Crippen LogP contribution in [0.3, 0.4) is 0 Å². The van der Waals surface area contributed by atoms with Gasteiger partial charge in [0.1, 0.15) is 0 Å². The smallest absolute Gasteiger partial charge is 0.291 e. The number of furan rings is 1. The highest BCUT2D eigenvalue weighted by Crippen LogP contribution is 2.16. The maximum Gasteiger partial charge on any atom is 0.291 e. The molecule has 0 atom stereocenters. The first kappa shape index (κ1) is 19.0. The molecule has 5 nitrogen and oxygen atoms in total. The molecule has 0 saturated carbocycles. The van der Waals surface area contributed by atoms with E-state index in [0.29, 0.717) is 10.8 Å². The van der Waals surface area contributed by atoms with E-state index in [1.54, 1.807) is 36.0 Å². The molecule has 27 heavy (non-hydrogen) atoms. The molecule has 3 aromatic rings. The Labute approximate surface area is 167 Å². The summed E-state index contributed by atoms with van der Waals surface area (Å²) in [5, 5.41) is 9.65. The molecule has 7 heteroatoms. The number of rotatable bonds is 7. The minimum atomic E-state index is -0.284. The minimum absolute atomic E-state index is 0.274. The average Bonchev–Trinajstić information content (AvgIpc) is 3.23. The van der Waals surface area contributed by atoms with Crippen LogP contribution in [0.5, 0.6) is 0 Å². The Morgan fingerprint density at radius 3 is 2.30 bits per heavy atom. The maximum atomic E-state index is 11.9. The highest BCUT2D eigenvalue weighted by atomic mass is 32.2. The van der Waals surface area contributed by atoms with Gasteiger partial charge in [-0.2, -0.15) is 0 Å². The topological polar surface area (TPSA) is 66.3 Å². The number of hydrogen-bond donors (Lipinski definition) is 3. The van der Waals surface area contributed by atoms with Gasteiger partial charge in [-0.05, 0) is 60.7 Å².